The van der Waals surface area contributed by atoms with Crippen molar-refractivity contribution >= 4 is 20.2 Å². The number of benzene rings is 5. The van der Waals surface area contributed by atoms with Crippen LogP contribution in [0.4, 0.5) is 0 Å². The lowest BCUT2D eigenvalue weighted by Crippen LogP contribution is -2.21. The molecule has 5 aromatic rings. The van der Waals surface area contributed by atoms with Gasteiger partial charge in [0.2, 0.25) is 5.44 Å². The smallest absolute Gasteiger partial charge is 0.283 e. The van der Waals surface area contributed by atoms with Gasteiger partial charge in [0, 0.05) is 11.1 Å². The van der Waals surface area contributed by atoms with Crippen molar-refractivity contribution in [3.63, 3.8) is 0 Å². The second-order valence-corrected chi connectivity index (χ2v) is 11.8. The third kappa shape index (κ3) is 5.84. The average molecular weight is 557 g/mol. The molecule has 196 valence electrons. The van der Waals surface area contributed by atoms with Gasteiger partial charge in [-0.25, -0.2) is 4.18 Å². The Morgan fingerprint density at radius 1 is 0.513 bits per heavy atom. The molecule has 6 nitrogen and oxygen atoms in total. The van der Waals surface area contributed by atoms with Gasteiger partial charge in [-0.2, -0.15) is 16.8 Å². The van der Waals surface area contributed by atoms with Crippen LogP contribution in [0, 0.1) is 0 Å². The molecular weight excluding hydrogens is 532 g/mol. The molecule has 5 rings (SSSR count). The van der Waals surface area contributed by atoms with Crippen LogP contribution in [-0.2, 0) is 24.4 Å². The second kappa shape index (κ2) is 11.0. The summed E-state index contributed by atoms with van der Waals surface area (Å²) in [5, 5.41) is 0. The first-order chi connectivity index (χ1) is 18.7. The molecular formula is C31H24O6S2. The first-order valence-corrected chi connectivity index (χ1v) is 14.9. The molecule has 8 heteroatoms. The molecule has 1 unspecified atom stereocenters. The molecule has 0 aliphatic rings. The lowest BCUT2D eigenvalue weighted by molar-refractivity contribution is 0.266. The van der Waals surface area contributed by atoms with E-state index in [1.165, 1.54) is 24.3 Å². The third-order valence-electron chi connectivity index (χ3n) is 6.17. The first kappa shape index (κ1) is 26.5. The van der Waals surface area contributed by atoms with Crippen molar-refractivity contribution in [2.45, 2.75) is 10.3 Å². The molecule has 0 fully saturated rings. The van der Waals surface area contributed by atoms with Crippen LogP contribution >= 0.6 is 0 Å². The van der Waals surface area contributed by atoms with Gasteiger partial charge in [-0.15, -0.1) is 0 Å². The van der Waals surface area contributed by atoms with E-state index in [2.05, 4.69) is 0 Å². The summed E-state index contributed by atoms with van der Waals surface area (Å²) in [4.78, 5) is -0.204. The summed E-state index contributed by atoms with van der Waals surface area (Å²) in [5.41, 5.74) is 1.32. The van der Waals surface area contributed by atoms with Gasteiger partial charge in [0.25, 0.3) is 20.2 Å². The summed E-state index contributed by atoms with van der Waals surface area (Å²) in [6, 6.07) is 38.4. The first-order valence-electron chi connectivity index (χ1n) is 12.0. The molecule has 0 spiro atoms. The maximum Gasteiger partial charge on any atom is 0.299 e. The fraction of sp³-hybridized carbons (Fsp3) is 0.0323. The fourth-order valence-corrected chi connectivity index (χ4v) is 6.95. The van der Waals surface area contributed by atoms with Gasteiger partial charge in [0.05, 0.1) is 0 Å². The van der Waals surface area contributed by atoms with E-state index in [1.807, 2.05) is 42.5 Å². The molecule has 0 amide bonds. The molecule has 0 aliphatic carbocycles. The number of hydrogen-bond acceptors (Lipinski definition) is 5. The van der Waals surface area contributed by atoms with E-state index >= 15 is 0 Å². The van der Waals surface area contributed by atoms with Crippen molar-refractivity contribution in [2.24, 2.45) is 0 Å². The summed E-state index contributed by atoms with van der Waals surface area (Å²) in [6.07, 6.45) is 0. The Kier molecular flexibility index (Phi) is 7.45. The summed E-state index contributed by atoms with van der Waals surface area (Å²) in [7, 11) is -9.75. The van der Waals surface area contributed by atoms with E-state index in [-0.39, 0.29) is 10.5 Å². The highest BCUT2D eigenvalue weighted by Gasteiger charge is 2.35. The van der Waals surface area contributed by atoms with Crippen LogP contribution in [0.25, 0.3) is 33.4 Å². The summed E-state index contributed by atoms with van der Waals surface area (Å²) in [5.74, 6) is 0. The van der Waals surface area contributed by atoms with E-state index in [0.717, 1.165) is 11.1 Å². The van der Waals surface area contributed by atoms with Crippen LogP contribution in [-0.4, -0.2) is 21.4 Å². The fourth-order valence-electron chi connectivity index (χ4n) is 4.41. The number of hydrogen-bond donors (Lipinski definition) is 1. The molecule has 0 heterocycles. The average Bonchev–Trinajstić information content (AvgIpc) is 2.96. The molecule has 0 saturated carbocycles. The maximum atomic E-state index is 14.1. The lowest BCUT2D eigenvalue weighted by Gasteiger charge is -2.21. The largest absolute Gasteiger partial charge is 0.299 e. The zero-order chi connectivity index (χ0) is 27.5. The van der Waals surface area contributed by atoms with Gasteiger partial charge in [0.1, 0.15) is 4.90 Å². The maximum absolute atomic E-state index is 14.1. The molecule has 5 aromatic carbocycles. The predicted molar refractivity (Wildman–Crippen MR) is 152 cm³/mol. The van der Waals surface area contributed by atoms with Gasteiger partial charge >= 0.3 is 0 Å². The molecule has 1 N–H and O–H groups in total. The highest BCUT2D eigenvalue weighted by molar-refractivity contribution is 7.89. The van der Waals surface area contributed by atoms with E-state index in [4.69, 9.17) is 4.18 Å². The second-order valence-electron chi connectivity index (χ2n) is 8.81. The van der Waals surface area contributed by atoms with Crippen molar-refractivity contribution in [2.75, 3.05) is 0 Å². The van der Waals surface area contributed by atoms with Crippen LogP contribution in [0.1, 0.15) is 11.0 Å². The highest BCUT2D eigenvalue weighted by atomic mass is 32.2. The zero-order valence-corrected chi connectivity index (χ0v) is 22.2. The van der Waals surface area contributed by atoms with Crippen molar-refractivity contribution in [3.05, 3.63) is 139 Å². The van der Waals surface area contributed by atoms with Gasteiger partial charge in [-0.1, -0.05) is 121 Å². The Morgan fingerprint density at radius 3 is 1.31 bits per heavy atom. The molecule has 0 aromatic heterocycles. The summed E-state index contributed by atoms with van der Waals surface area (Å²) >= 11 is 0. The molecule has 39 heavy (non-hydrogen) atoms. The van der Waals surface area contributed by atoms with Crippen LogP contribution in [0.5, 0.6) is 0 Å². The van der Waals surface area contributed by atoms with E-state index in [0.29, 0.717) is 22.3 Å². The predicted octanol–water partition coefficient (Wildman–Crippen LogP) is 6.98. The SMILES string of the molecule is O=S(=O)(OC(c1ccccc1)S(=O)(=O)O)c1c(-c2ccccc2)cc(-c2ccccc2)cc1-c1ccccc1. The lowest BCUT2D eigenvalue weighted by atomic mass is 9.93. The molecule has 0 saturated heterocycles. The minimum atomic E-state index is -4.97. The Hall–Kier alpha value is -4.08. The molecule has 0 aliphatic heterocycles. The van der Waals surface area contributed by atoms with E-state index < -0.39 is 25.7 Å². The highest BCUT2D eigenvalue weighted by Crippen LogP contribution is 2.42. The minimum absolute atomic E-state index is 0.0213. The Bertz CT molecular complexity index is 1730. The summed E-state index contributed by atoms with van der Waals surface area (Å²) < 4.78 is 68.3. The van der Waals surface area contributed by atoms with Gasteiger partial charge in [0.15, 0.2) is 0 Å². The number of rotatable bonds is 8. The Labute approximate surface area is 228 Å². The van der Waals surface area contributed by atoms with E-state index in [1.54, 1.807) is 66.7 Å². The van der Waals surface area contributed by atoms with Gasteiger partial charge in [-0.3, -0.25) is 4.55 Å². The molecule has 0 radical (unpaired) electrons. The van der Waals surface area contributed by atoms with Crippen LogP contribution in [0.3, 0.4) is 0 Å². The van der Waals surface area contributed by atoms with Crippen molar-refractivity contribution < 1.29 is 25.6 Å². The molecule has 1 atom stereocenters. The monoisotopic (exact) mass is 556 g/mol. The zero-order valence-electron chi connectivity index (χ0n) is 20.6. The summed E-state index contributed by atoms with van der Waals surface area (Å²) in [6.45, 7) is 0. The van der Waals surface area contributed by atoms with Crippen molar-refractivity contribution in [3.8, 4) is 33.4 Å². The van der Waals surface area contributed by atoms with Crippen LogP contribution in [0.15, 0.2) is 138 Å². The van der Waals surface area contributed by atoms with Gasteiger partial charge in [-0.05, 0) is 39.9 Å². The van der Waals surface area contributed by atoms with Crippen molar-refractivity contribution in [1.82, 2.24) is 0 Å². The Morgan fingerprint density at radius 2 is 0.897 bits per heavy atom. The topological polar surface area (TPSA) is 97.7 Å². The minimum Gasteiger partial charge on any atom is -0.283 e. The normalized spacial score (nSPS) is 12.6. The standard InChI is InChI=1S/C31H24O6S2/c32-38(33,34)31(26-19-11-4-12-20-26)37-39(35,36)30-28(24-15-7-2-8-16-24)21-27(23-13-5-1-6-14-23)22-29(30)25-17-9-3-10-18-25/h1-22,31H,(H,32,33,34). The van der Waals surface area contributed by atoms with Crippen LogP contribution in [0.2, 0.25) is 0 Å². The molecule has 0 bridgehead atoms. The van der Waals surface area contributed by atoms with Crippen molar-refractivity contribution in [1.29, 1.82) is 0 Å². The van der Waals surface area contributed by atoms with Gasteiger partial charge < -0.3 is 0 Å². The Balaban J connectivity index is 1.81. The quantitative estimate of drug-likeness (QED) is 0.164. The third-order valence-corrected chi connectivity index (χ3v) is 8.59. The van der Waals surface area contributed by atoms with E-state index in [9.17, 15) is 21.4 Å². The van der Waals surface area contributed by atoms with Crippen LogP contribution < -0.4 is 0 Å².